The summed E-state index contributed by atoms with van der Waals surface area (Å²) in [4.78, 5) is 22.1. The average molecular weight is 303 g/mol. The number of aryl methyl sites for hydroxylation is 1. The van der Waals surface area contributed by atoms with E-state index in [2.05, 4.69) is 0 Å². The van der Waals surface area contributed by atoms with Crippen molar-refractivity contribution >= 4 is 39.8 Å². The number of fused-ring (bicyclic) bond motifs is 1. The van der Waals surface area contributed by atoms with Gasteiger partial charge in [-0.2, -0.15) is 5.26 Å². The van der Waals surface area contributed by atoms with Gasteiger partial charge in [-0.3, -0.25) is 9.59 Å². The number of aliphatic carboxylic acids is 1. The van der Waals surface area contributed by atoms with Crippen molar-refractivity contribution in [1.29, 1.82) is 5.26 Å². The summed E-state index contributed by atoms with van der Waals surface area (Å²) in [6.07, 6.45) is 2.97. The van der Waals surface area contributed by atoms with Gasteiger partial charge >= 0.3 is 5.97 Å². The number of nitrogens with zero attached hydrogens (tertiary/aromatic N) is 2. The molecule has 0 bridgehead atoms. The Balaban J connectivity index is 2.71. The van der Waals surface area contributed by atoms with Gasteiger partial charge in [0.15, 0.2) is 0 Å². The Morgan fingerprint density at radius 3 is 2.76 bits per heavy atom. The first-order valence-electron chi connectivity index (χ1n) is 6.06. The topological polar surface area (TPSA) is 83.1 Å². The normalized spacial score (nSPS) is 11.4. The van der Waals surface area contributed by atoms with E-state index in [0.717, 1.165) is 16.5 Å². The summed E-state index contributed by atoms with van der Waals surface area (Å²) in [6, 6.07) is 7.23. The molecule has 0 atom stereocenters. The molecule has 1 aromatic heterocycles. The van der Waals surface area contributed by atoms with Crippen LogP contribution in [0.5, 0.6) is 0 Å². The Kier molecular flexibility index (Phi) is 4.10. The van der Waals surface area contributed by atoms with Gasteiger partial charge in [-0.1, -0.05) is 18.2 Å². The smallest absolute Gasteiger partial charge is 0.323 e. The second-order valence-electron chi connectivity index (χ2n) is 4.52. The van der Waals surface area contributed by atoms with Crippen LogP contribution in [0.3, 0.4) is 0 Å². The maximum Gasteiger partial charge on any atom is 0.323 e. The van der Waals surface area contributed by atoms with Crippen LogP contribution in [-0.2, 0) is 16.1 Å². The number of rotatable bonds is 4. The third-order valence-electron chi connectivity index (χ3n) is 3.07. The predicted octanol–water partition coefficient (Wildman–Crippen LogP) is 2.71. The Morgan fingerprint density at radius 2 is 2.19 bits per heavy atom. The molecule has 0 amide bonds. The van der Waals surface area contributed by atoms with Crippen LogP contribution in [0, 0.1) is 18.3 Å². The fourth-order valence-corrected chi connectivity index (χ4v) is 2.35. The first-order chi connectivity index (χ1) is 9.93. The number of hydrogen-bond donors (Lipinski definition) is 1. The molecule has 1 aromatic carbocycles. The van der Waals surface area contributed by atoms with Crippen LogP contribution in [0.4, 0.5) is 0 Å². The Hall–Kier alpha value is -2.58. The number of para-hydroxylation sites is 1. The molecular formula is C15H11ClN2O3. The molecule has 106 valence electrons. The molecule has 21 heavy (non-hydrogen) atoms. The third-order valence-corrected chi connectivity index (χ3v) is 3.27. The van der Waals surface area contributed by atoms with E-state index < -0.39 is 11.2 Å². The number of allylic oxidation sites excluding steroid dienone is 1. The zero-order valence-electron chi connectivity index (χ0n) is 11.1. The van der Waals surface area contributed by atoms with Gasteiger partial charge < -0.3 is 9.67 Å². The standard InChI is InChI=1S/C15H11ClN2O3/c1-9-3-2-4-12-11(5-10(6-17)15(16)21)7-18(14(9)12)8-13(19)20/h2-5,7H,8H2,1H3,(H,19,20)/b10-5+. The Labute approximate surface area is 125 Å². The molecular weight excluding hydrogens is 292 g/mol. The molecule has 0 saturated carbocycles. The van der Waals surface area contributed by atoms with E-state index in [4.69, 9.17) is 22.0 Å². The molecule has 0 aliphatic heterocycles. The summed E-state index contributed by atoms with van der Waals surface area (Å²) >= 11 is 5.34. The summed E-state index contributed by atoms with van der Waals surface area (Å²) in [7, 11) is 0. The van der Waals surface area contributed by atoms with Gasteiger partial charge in [0.05, 0.1) is 5.52 Å². The highest BCUT2D eigenvalue weighted by Gasteiger charge is 2.13. The summed E-state index contributed by atoms with van der Waals surface area (Å²) < 4.78 is 1.58. The molecule has 0 spiro atoms. The molecule has 2 rings (SSSR count). The fraction of sp³-hybridized carbons (Fsp3) is 0.133. The van der Waals surface area contributed by atoms with Crippen molar-refractivity contribution in [2.75, 3.05) is 0 Å². The Morgan fingerprint density at radius 1 is 1.48 bits per heavy atom. The second-order valence-corrected chi connectivity index (χ2v) is 4.86. The van der Waals surface area contributed by atoms with Gasteiger partial charge in [0.1, 0.15) is 18.2 Å². The second kappa shape index (κ2) is 5.81. The lowest BCUT2D eigenvalue weighted by molar-refractivity contribution is -0.137. The van der Waals surface area contributed by atoms with Crippen LogP contribution >= 0.6 is 11.6 Å². The van der Waals surface area contributed by atoms with E-state index in [1.54, 1.807) is 22.9 Å². The van der Waals surface area contributed by atoms with Gasteiger partial charge in [0.25, 0.3) is 5.24 Å². The SMILES string of the molecule is Cc1cccc2c(/C=C(\C#N)C(=O)Cl)cn(CC(=O)O)c12. The first kappa shape index (κ1) is 14.8. The lowest BCUT2D eigenvalue weighted by Gasteiger charge is -2.03. The molecule has 0 fully saturated rings. The highest BCUT2D eigenvalue weighted by Crippen LogP contribution is 2.26. The molecule has 0 aliphatic rings. The van der Waals surface area contributed by atoms with E-state index in [1.807, 2.05) is 19.1 Å². The molecule has 1 heterocycles. The third kappa shape index (κ3) is 2.96. The zero-order chi connectivity index (χ0) is 15.6. The molecule has 1 N–H and O–H groups in total. The highest BCUT2D eigenvalue weighted by atomic mass is 35.5. The van der Waals surface area contributed by atoms with Gasteiger partial charge in [0.2, 0.25) is 0 Å². The maximum absolute atomic E-state index is 11.1. The number of nitriles is 1. The molecule has 0 aliphatic carbocycles. The number of hydrogen-bond acceptors (Lipinski definition) is 3. The summed E-state index contributed by atoms with van der Waals surface area (Å²) in [5, 5.41) is 17.8. The lowest BCUT2D eigenvalue weighted by atomic mass is 10.1. The summed E-state index contributed by atoms with van der Waals surface area (Å²) in [5.74, 6) is -0.973. The van der Waals surface area contributed by atoms with Gasteiger partial charge in [-0.05, 0) is 30.2 Å². The van der Waals surface area contributed by atoms with Crippen LogP contribution < -0.4 is 0 Å². The van der Waals surface area contributed by atoms with Crippen LogP contribution in [0.1, 0.15) is 11.1 Å². The number of carbonyl (C=O) groups excluding carboxylic acids is 1. The van der Waals surface area contributed by atoms with Crippen LogP contribution in [-0.4, -0.2) is 20.9 Å². The molecule has 2 aromatic rings. The minimum absolute atomic E-state index is 0.187. The molecule has 0 unspecified atom stereocenters. The fourth-order valence-electron chi connectivity index (χ4n) is 2.25. The van der Waals surface area contributed by atoms with E-state index in [9.17, 15) is 9.59 Å². The number of carboxylic acids is 1. The predicted molar refractivity (Wildman–Crippen MR) is 78.8 cm³/mol. The van der Waals surface area contributed by atoms with Crippen LogP contribution in [0.25, 0.3) is 17.0 Å². The van der Waals surface area contributed by atoms with Crippen molar-refractivity contribution in [3.63, 3.8) is 0 Å². The van der Waals surface area contributed by atoms with Crippen molar-refractivity contribution in [2.45, 2.75) is 13.5 Å². The number of halogens is 1. The molecule has 0 radical (unpaired) electrons. The largest absolute Gasteiger partial charge is 0.480 e. The van der Waals surface area contributed by atoms with Crippen molar-refractivity contribution in [3.8, 4) is 6.07 Å². The van der Waals surface area contributed by atoms with Crippen LogP contribution in [0.15, 0.2) is 30.0 Å². The minimum atomic E-state index is -0.973. The zero-order valence-corrected chi connectivity index (χ0v) is 11.9. The monoisotopic (exact) mass is 302 g/mol. The Bertz CT molecular complexity index is 812. The highest BCUT2D eigenvalue weighted by molar-refractivity contribution is 6.68. The van der Waals surface area contributed by atoms with Crippen molar-refractivity contribution in [1.82, 2.24) is 4.57 Å². The van der Waals surface area contributed by atoms with Crippen LogP contribution in [0.2, 0.25) is 0 Å². The minimum Gasteiger partial charge on any atom is -0.480 e. The number of aromatic nitrogens is 1. The summed E-state index contributed by atoms with van der Waals surface area (Å²) in [5.41, 5.74) is 2.06. The number of carboxylic acid groups (broad SMARTS) is 1. The lowest BCUT2D eigenvalue weighted by Crippen LogP contribution is -2.07. The van der Waals surface area contributed by atoms with Gasteiger partial charge in [0, 0.05) is 17.1 Å². The molecule has 6 heteroatoms. The number of benzene rings is 1. The molecule has 5 nitrogen and oxygen atoms in total. The van der Waals surface area contributed by atoms with Crippen molar-refractivity contribution in [3.05, 3.63) is 41.1 Å². The van der Waals surface area contributed by atoms with E-state index >= 15 is 0 Å². The average Bonchev–Trinajstić information content (AvgIpc) is 2.74. The summed E-state index contributed by atoms with van der Waals surface area (Å²) in [6.45, 7) is 1.66. The maximum atomic E-state index is 11.1. The number of carbonyl (C=O) groups is 2. The quantitative estimate of drug-likeness (QED) is 0.535. The van der Waals surface area contributed by atoms with Gasteiger partial charge in [-0.25, -0.2) is 0 Å². The van der Waals surface area contributed by atoms with E-state index in [-0.39, 0.29) is 12.1 Å². The van der Waals surface area contributed by atoms with Crippen molar-refractivity contribution in [2.24, 2.45) is 0 Å². The molecule has 0 saturated heterocycles. The van der Waals surface area contributed by atoms with E-state index in [1.165, 1.54) is 6.08 Å². The van der Waals surface area contributed by atoms with E-state index in [0.29, 0.717) is 5.56 Å². The van der Waals surface area contributed by atoms with Gasteiger partial charge in [-0.15, -0.1) is 0 Å². The van der Waals surface area contributed by atoms with Crippen molar-refractivity contribution < 1.29 is 14.7 Å². The first-order valence-corrected chi connectivity index (χ1v) is 6.43.